The van der Waals surface area contributed by atoms with Crippen molar-refractivity contribution in [1.82, 2.24) is 24.8 Å². The number of carboxylic acids is 1. The number of carboxylic acid groups (broad SMARTS) is 1. The van der Waals surface area contributed by atoms with Crippen LogP contribution in [0.4, 0.5) is 0 Å². The Morgan fingerprint density at radius 2 is 1.15 bits per heavy atom. The van der Waals surface area contributed by atoms with Gasteiger partial charge in [-0.05, 0) is 50.9 Å². The molecule has 0 aliphatic rings. The van der Waals surface area contributed by atoms with Crippen LogP contribution in [0.3, 0.4) is 0 Å². The second kappa shape index (κ2) is 61.7. The van der Waals surface area contributed by atoms with Gasteiger partial charge in [-0.2, -0.15) is 0 Å². The van der Waals surface area contributed by atoms with E-state index in [1.54, 1.807) is 22.6 Å². The first-order chi connectivity index (χ1) is 32.5. The molecule has 3 amide bonds. The molecule has 1 unspecified atom stereocenters. The van der Waals surface area contributed by atoms with Crippen molar-refractivity contribution in [3.05, 3.63) is 5.73 Å². The summed E-state index contributed by atoms with van der Waals surface area (Å²) < 4.78 is 23.4. The quantitative estimate of drug-likeness (QED) is 0.00958. The van der Waals surface area contributed by atoms with Gasteiger partial charge in [-0.15, -0.1) is 0 Å². The number of carbonyl (C=O) groups is 7. The van der Waals surface area contributed by atoms with Crippen LogP contribution in [0.2, 0.25) is 0 Å². The van der Waals surface area contributed by atoms with Crippen LogP contribution in [0.25, 0.3) is 5.73 Å². The fourth-order valence-electron chi connectivity index (χ4n) is 5.62. The molecule has 0 aromatic carbocycles. The number of amides is 3. The molecular weight excluding hydrogens is 1170 g/mol. The zero-order valence-electron chi connectivity index (χ0n) is 41.5. The molecule has 68 heavy (non-hydrogen) atoms. The smallest absolute Gasteiger partial charge is 0.666 e. The van der Waals surface area contributed by atoms with Crippen LogP contribution < -0.4 is 76.2 Å². The number of hydrogen-bond donors (Lipinski definition) is 6. The third-order valence-electron chi connectivity index (χ3n) is 9.29. The number of likely N-dealkylation sites (N-methyl/N-ethyl adjacent to an activating group) is 1. The summed E-state index contributed by atoms with van der Waals surface area (Å²) in [6.07, 6.45) is 20.7. The van der Waals surface area contributed by atoms with Crippen molar-refractivity contribution in [3.63, 3.8) is 0 Å². The second-order valence-electron chi connectivity index (χ2n) is 15.0. The zero-order chi connectivity index (χ0) is 50.4. The molecule has 0 saturated heterocycles. The number of unbranched alkanes of at least 4 members (excludes halogenated alkanes) is 14. The summed E-state index contributed by atoms with van der Waals surface area (Å²) in [5.41, 5.74) is 7.97. The van der Waals surface area contributed by atoms with Crippen LogP contribution >= 0.6 is 67.0 Å². The molecule has 0 aromatic rings. The molecule has 394 valence electrons. The van der Waals surface area contributed by atoms with Crippen molar-refractivity contribution < 1.29 is 109 Å². The Morgan fingerprint density at radius 1 is 0.647 bits per heavy atom. The van der Waals surface area contributed by atoms with Crippen LogP contribution in [-0.2, 0) is 52.5 Å². The molecule has 0 saturated carbocycles. The molecule has 0 aromatic heterocycles. The van der Waals surface area contributed by atoms with Gasteiger partial charge in [-0.3, -0.25) is 24.0 Å². The van der Waals surface area contributed by atoms with Gasteiger partial charge in [0.15, 0.2) is 0 Å². The number of carbonyl (C=O) groups excluding carboxylic acids is 6. The van der Waals surface area contributed by atoms with Gasteiger partial charge in [0.2, 0.25) is 21.5 Å². The molecule has 7 N–H and O–H groups in total. The average Bonchev–Trinajstić information content (AvgIpc) is 3.32. The molecule has 0 rings (SSSR count). The molecule has 0 heterocycles. The molecule has 0 fully saturated rings. The molecule has 23 heteroatoms. The van der Waals surface area contributed by atoms with E-state index >= 15 is 0 Å². The van der Waals surface area contributed by atoms with Gasteiger partial charge in [0.05, 0.1) is 51.7 Å². The van der Waals surface area contributed by atoms with Gasteiger partial charge < -0.3 is 60.6 Å². The van der Waals surface area contributed by atoms with Crippen molar-refractivity contribution in [2.75, 3.05) is 91.0 Å². The number of aldehydes is 2. The van der Waals surface area contributed by atoms with Crippen LogP contribution in [0.15, 0.2) is 0 Å². The Morgan fingerprint density at radius 3 is 1.66 bits per heavy atom. The summed E-state index contributed by atoms with van der Waals surface area (Å²) >= 11 is 3.55. The molecule has 3 atom stereocenters. The number of rotatable bonds is 48. The summed E-state index contributed by atoms with van der Waals surface area (Å²) in [5.74, 6) is -0.522. The monoisotopic (exact) mass is 1260 g/mol. The van der Waals surface area contributed by atoms with Crippen molar-refractivity contribution in [2.24, 2.45) is 0 Å². The molecule has 0 spiro atoms. The Balaban J connectivity index is -0.000000575. The summed E-state index contributed by atoms with van der Waals surface area (Å²) in [4.78, 5) is 78.8. The fourth-order valence-corrected chi connectivity index (χ4v) is 8.97. The standard InChI is InChI=1S/C24H45NO6.C19H34I2N5O6S2.C2H6.K/c26-18-20-31-22-21-30-19-17-25-23(27)15-13-11-9-7-5-3-1-2-4-6-8-10-12-14-16-24(28)29;1-23-6-7-31-8-9-32-11-17(28)24-5-3-2-4-16(18(20)29)25-19(30)15(22)13-34-33-12-14(10-27)26-21;1-2;/h18H,1-17,19-22H2,(H,25,27)(H,28,29);10,14-16,22-23,26H,2-9,11-13H2,1H3,(H,24,28)(H,25,30);1-2H3;/q;-1;;+1/t;14-,15+,16?;;/m.1../s1. The average molecular weight is 1260 g/mol. The third-order valence-corrected chi connectivity index (χ3v) is 13.3. The number of ether oxygens (including phenoxy) is 4. The van der Waals surface area contributed by atoms with E-state index in [-0.39, 0.29) is 92.0 Å². The van der Waals surface area contributed by atoms with Gasteiger partial charge in [-0.25, -0.2) is 3.53 Å². The minimum atomic E-state index is -1.01. The van der Waals surface area contributed by atoms with Crippen LogP contribution in [-0.4, -0.2) is 154 Å². The maximum atomic E-state index is 12.2. The van der Waals surface area contributed by atoms with Gasteiger partial charge in [0, 0.05) is 83.7 Å². The van der Waals surface area contributed by atoms with E-state index in [0.717, 1.165) is 44.9 Å². The molecule has 0 bridgehead atoms. The Hall–Kier alpha value is 0.406. The first kappa shape index (κ1) is 74.9. The Labute approximate surface area is 486 Å². The number of aliphatic carboxylic acids is 1. The van der Waals surface area contributed by atoms with E-state index in [1.807, 2.05) is 43.8 Å². The molecular formula is C45H85I2KN6O12S2. The Bertz CT molecular complexity index is 1220. The first-order valence-electron chi connectivity index (χ1n) is 23.9. The summed E-state index contributed by atoms with van der Waals surface area (Å²) in [6, 6.07) is -1.95. The van der Waals surface area contributed by atoms with Crippen molar-refractivity contribution in [3.8, 4) is 0 Å². The van der Waals surface area contributed by atoms with Crippen molar-refractivity contribution in [1.29, 1.82) is 0 Å². The molecule has 0 aliphatic carbocycles. The third kappa shape index (κ3) is 59.0. The van der Waals surface area contributed by atoms with E-state index in [0.29, 0.717) is 96.9 Å². The topological polar surface area (TPSA) is 261 Å². The largest absolute Gasteiger partial charge is 1.00 e. The number of halogens is 2. The van der Waals surface area contributed by atoms with E-state index in [2.05, 4.69) is 24.8 Å². The first-order valence-corrected chi connectivity index (χ1v) is 28.6. The van der Waals surface area contributed by atoms with Gasteiger partial charge in [0.25, 0.3) is 0 Å². The van der Waals surface area contributed by atoms with E-state index in [9.17, 15) is 33.6 Å². The van der Waals surface area contributed by atoms with Crippen LogP contribution in [0.5, 0.6) is 0 Å². The summed E-state index contributed by atoms with van der Waals surface area (Å²) in [7, 11) is 4.59. The van der Waals surface area contributed by atoms with E-state index in [4.69, 9.17) is 29.8 Å². The molecule has 18 nitrogen and oxygen atoms in total. The summed E-state index contributed by atoms with van der Waals surface area (Å²) in [5, 5.41) is 19.8. The van der Waals surface area contributed by atoms with Crippen molar-refractivity contribution in [2.45, 2.75) is 154 Å². The Kier molecular flexibility index (Phi) is 68.0. The minimum absolute atomic E-state index is 0. The predicted molar refractivity (Wildman–Crippen MR) is 287 cm³/mol. The van der Waals surface area contributed by atoms with Gasteiger partial charge in [0.1, 0.15) is 25.8 Å². The van der Waals surface area contributed by atoms with Crippen molar-refractivity contribution >= 4 is 107 Å². The van der Waals surface area contributed by atoms with E-state index in [1.165, 1.54) is 79.4 Å². The fraction of sp³-hybridized carbons (Fsp3) is 0.844. The van der Waals surface area contributed by atoms with Crippen LogP contribution in [0.1, 0.15) is 136 Å². The van der Waals surface area contributed by atoms with Gasteiger partial charge in [-0.1, -0.05) is 112 Å². The van der Waals surface area contributed by atoms with Crippen LogP contribution in [0, 0.1) is 0 Å². The van der Waals surface area contributed by atoms with Gasteiger partial charge >= 0.3 is 57.4 Å². The molecule has 0 radical (unpaired) electrons. The summed E-state index contributed by atoms with van der Waals surface area (Å²) in [6.45, 7) is 8.43. The van der Waals surface area contributed by atoms with E-state index < -0.39 is 24.0 Å². The normalized spacial score (nSPS) is 11.9. The zero-order valence-corrected chi connectivity index (χ0v) is 50.6. The molecule has 0 aliphatic heterocycles. The minimum Gasteiger partial charge on any atom is -0.666 e. The second-order valence-corrected chi connectivity index (χ2v) is 19.2. The number of nitrogens with one attached hydrogen (secondary N) is 6. The number of hydrogen-bond acceptors (Lipinski definition) is 15. The predicted octanol–water partition coefficient (Wildman–Crippen LogP) is 3.97. The maximum absolute atomic E-state index is 12.2. The SMILES string of the molecule is CC.CNCCOCCOCC(=O)NCCCCC(NC(=O)[C@@H]([NH-])CSSC[C@@H](C=O)NI)C(=O)I.O=CCOCCOCCNC(=O)CCCCCCCCCCCCCCCCC(=O)O.[K+]. The maximum Gasteiger partial charge on any atom is 1.00 e.